The molecule has 0 bridgehead atoms. The van der Waals surface area contributed by atoms with Gasteiger partial charge < -0.3 is 10.1 Å². The SMILES string of the molecule is CCOC(=O)c1ccc(NC(=O)c2ccccc2-c2ccc(C)cc2C)c(Cl)c1. The molecule has 3 aromatic carbocycles. The lowest BCUT2D eigenvalue weighted by Gasteiger charge is -2.14. The molecule has 0 aliphatic heterocycles. The van der Waals surface area contributed by atoms with Crippen LogP contribution < -0.4 is 5.32 Å². The summed E-state index contributed by atoms with van der Waals surface area (Å²) < 4.78 is 4.97. The topological polar surface area (TPSA) is 55.4 Å². The van der Waals surface area contributed by atoms with Gasteiger partial charge in [-0.2, -0.15) is 0 Å². The third-order valence-electron chi connectivity index (χ3n) is 4.57. The van der Waals surface area contributed by atoms with Crippen molar-refractivity contribution in [2.75, 3.05) is 11.9 Å². The van der Waals surface area contributed by atoms with E-state index in [0.29, 0.717) is 16.8 Å². The Balaban J connectivity index is 1.90. The lowest BCUT2D eigenvalue weighted by molar-refractivity contribution is 0.0526. The van der Waals surface area contributed by atoms with Crippen LogP contribution in [0.5, 0.6) is 0 Å². The fourth-order valence-electron chi connectivity index (χ4n) is 3.18. The van der Waals surface area contributed by atoms with Crippen molar-refractivity contribution in [1.82, 2.24) is 0 Å². The number of aryl methyl sites for hydroxylation is 2. The van der Waals surface area contributed by atoms with E-state index in [1.165, 1.54) is 11.6 Å². The molecule has 1 N–H and O–H groups in total. The molecule has 0 aliphatic rings. The van der Waals surface area contributed by atoms with Gasteiger partial charge in [0.05, 0.1) is 22.9 Å². The van der Waals surface area contributed by atoms with Crippen molar-refractivity contribution < 1.29 is 14.3 Å². The van der Waals surface area contributed by atoms with Crippen LogP contribution in [0.25, 0.3) is 11.1 Å². The van der Waals surface area contributed by atoms with E-state index in [9.17, 15) is 9.59 Å². The summed E-state index contributed by atoms with van der Waals surface area (Å²) in [5.74, 6) is -0.723. The number of esters is 1. The number of ether oxygens (including phenoxy) is 1. The third kappa shape index (κ3) is 4.66. The molecular weight excluding hydrogens is 386 g/mol. The number of hydrogen-bond donors (Lipinski definition) is 1. The predicted molar refractivity (Wildman–Crippen MR) is 117 cm³/mol. The van der Waals surface area contributed by atoms with Gasteiger partial charge in [-0.15, -0.1) is 0 Å². The molecule has 0 saturated carbocycles. The van der Waals surface area contributed by atoms with E-state index in [1.807, 2.05) is 44.2 Å². The van der Waals surface area contributed by atoms with Crippen molar-refractivity contribution in [3.63, 3.8) is 0 Å². The van der Waals surface area contributed by atoms with Gasteiger partial charge in [0, 0.05) is 5.56 Å². The lowest BCUT2D eigenvalue weighted by Crippen LogP contribution is -2.14. The van der Waals surface area contributed by atoms with Gasteiger partial charge in [0.2, 0.25) is 0 Å². The molecule has 0 fully saturated rings. The maximum absolute atomic E-state index is 13.0. The van der Waals surface area contributed by atoms with Crippen LogP contribution >= 0.6 is 11.6 Å². The van der Waals surface area contributed by atoms with E-state index in [2.05, 4.69) is 11.4 Å². The molecule has 0 unspecified atom stereocenters. The maximum Gasteiger partial charge on any atom is 0.338 e. The zero-order valence-electron chi connectivity index (χ0n) is 16.6. The first-order valence-electron chi connectivity index (χ1n) is 9.35. The smallest absolute Gasteiger partial charge is 0.338 e. The number of amides is 1. The highest BCUT2D eigenvalue weighted by Gasteiger charge is 2.16. The van der Waals surface area contributed by atoms with Crippen LogP contribution in [0.15, 0.2) is 60.7 Å². The summed E-state index contributed by atoms with van der Waals surface area (Å²) in [6.07, 6.45) is 0. The molecule has 0 aromatic heterocycles. The molecule has 4 nitrogen and oxygen atoms in total. The standard InChI is InChI=1S/C24H22ClNO3/c1-4-29-24(28)17-10-12-22(21(25)14-17)26-23(27)20-8-6-5-7-19(20)18-11-9-15(2)13-16(18)3/h5-14H,4H2,1-3H3,(H,26,27). The van der Waals surface area contributed by atoms with E-state index in [4.69, 9.17) is 16.3 Å². The summed E-state index contributed by atoms with van der Waals surface area (Å²) in [7, 11) is 0. The molecule has 148 valence electrons. The highest BCUT2D eigenvalue weighted by molar-refractivity contribution is 6.34. The number of carbonyl (C=O) groups is 2. The Hall–Kier alpha value is -3.11. The predicted octanol–water partition coefficient (Wildman–Crippen LogP) is 6.05. The van der Waals surface area contributed by atoms with Crippen LogP contribution in [0.1, 0.15) is 38.8 Å². The van der Waals surface area contributed by atoms with E-state index < -0.39 is 5.97 Å². The van der Waals surface area contributed by atoms with Crippen LogP contribution in [0.2, 0.25) is 5.02 Å². The molecule has 0 heterocycles. The van der Waals surface area contributed by atoms with Gasteiger partial charge >= 0.3 is 5.97 Å². The Morgan fingerprint density at radius 1 is 0.966 bits per heavy atom. The number of carbonyl (C=O) groups excluding carboxylic acids is 2. The number of anilines is 1. The maximum atomic E-state index is 13.0. The zero-order chi connectivity index (χ0) is 21.0. The van der Waals surface area contributed by atoms with E-state index >= 15 is 0 Å². The van der Waals surface area contributed by atoms with Crippen LogP contribution in [0, 0.1) is 13.8 Å². The molecule has 0 spiro atoms. The van der Waals surface area contributed by atoms with Gasteiger partial charge in [0.25, 0.3) is 5.91 Å². The van der Waals surface area contributed by atoms with Crippen molar-refractivity contribution in [3.8, 4) is 11.1 Å². The van der Waals surface area contributed by atoms with Gasteiger partial charge in [-0.1, -0.05) is 53.6 Å². The summed E-state index contributed by atoms with van der Waals surface area (Å²) in [5.41, 5.74) is 5.44. The zero-order valence-corrected chi connectivity index (χ0v) is 17.3. The summed E-state index contributed by atoms with van der Waals surface area (Å²) in [6.45, 7) is 6.09. The van der Waals surface area contributed by atoms with Crippen molar-refractivity contribution in [1.29, 1.82) is 0 Å². The molecule has 1 amide bonds. The Kier molecular flexibility index (Phi) is 6.35. The number of benzene rings is 3. The van der Waals surface area contributed by atoms with Crippen molar-refractivity contribution in [2.45, 2.75) is 20.8 Å². The number of hydrogen-bond acceptors (Lipinski definition) is 3. The fourth-order valence-corrected chi connectivity index (χ4v) is 3.41. The van der Waals surface area contributed by atoms with Crippen LogP contribution in [0.4, 0.5) is 5.69 Å². The second-order valence-corrected chi connectivity index (χ2v) is 7.14. The minimum Gasteiger partial charge on any atom is -0.462 e. The van der Waals surface area contributed by atoms with Crippen molar-refractivity contribution in [2.24, 2.45) is 0 Å². The Bertz CT molecular complexity index is 1080. The van der Waals surface area contributed by atoms with E-state index in [-0.39, 0.29) is 17.5 Å². The molecule has 3 aromatic rings. The third-order valence-corrected chi connectivity index (χ3v) is 4.88. The van der Waals surface area contributed by atoms with Crippen LogP contribution in [-0.2, 0) is 4.74 Å². The summed E-state index contributed by atoms with van der Waals surface area (Å²) in [4.78, 5) is 24.8. The molecule has 0 saturated heterocycles. The van der Waals surface area contributed by atoms with E-state index in [1.54, 1.807) is 25.1 Å². The van der Waals surface area contributed by atoms with Crippen molar-refractivity contribution in [3.05, 3.63) is 87.9 Å². The Morgan fingerprint density at radius 3 is 2.41 bits per heavy atom. The number of halogens is 1. The van der Waals surface area contributed by atoms with Crippen LogP contribution in [-0.4, -0.2) is 18.5 Å². The minimum absolute atomic E-state index is 0.271. The molecule has 29 heavy (non-hydrogen) atoms. The van der Waals surface area contributed by atoms with Gasteiger partial charge in [0.15, 0.2) is 0 Å². The molecule has 0 atom stereocenters. The second kappa shape index (κ2) is 8.93. The first-order valence-corrected chi connectivity index (χ1v) is 9.73. The molecule has 0 aliphatic carbocycles. The first-order chi connectivity index (χ1) is 13.9. The Morgan fingerprint density at radius 2 is 1.72 bits per heavy atom. The lowest BCUT2D eigenvalue weighted by atomic mass is 9.94. The Labute approximate surface area is 175 Å². The highest BCUT2D eigenvalue weighted by atomic mass is 35.5. The van der Waals surface area contributed by atoms with Crippen LogP contribution in [0.3, 0.4) is 0 Å². The highest BCUT2D eigenvalue weighted by Crippen LogP contribution is 2.29. The minimum atomic E-state index is -0.451. The normalized spacial score (nSPS) is 10.5. The number of nitrogens with one attached hydrogen (secondary N) is 1. The first kappa shape index (κ1) is 20.6. The summed E-state index contributed by atoms with van der Waals surface area (Å²) >= 11 is 6.28. The molecule has 5 heteroatoms. The average molecular weight is 408 g/mol. The van der Waals surface area contributed by atoms with E-state index in [0.717, 1.165) is 16.7 Å². The van der Waals surface area contributed by atoms with Gasteiger partial charge in [-0.3, -0.25) is 4.79 Å². The second-order valence-electron chi connectivity index (χ2n) is 6.73. The van der Waals surface area contributed by atoms with Gasteiger partial charge in [0.1, 0.15) is 0 Å². The average Bonchev–Trinajstić information content (AvgIpc) is 2.69. The summed E-state index contributed by atoms with van der Waals surface area (Å²) in [6, 6.07) is 18.3. The van der Waals surface area contributed by atoms with Gasteiger partial charge in [-0.25, -0.2) is 4.79 Å². The molecule has 3 rings (SSSR count). The monoisotopic (exact) mass is 407 g/mol. The molecule has 0 radical (unpaired) electrons. The quantitative estimate of drug-likeness (QED) is 0.523. The summed E-state index contributed by atoms with van der Waals surface area (Å²) in [5, 5.41) is 3.11. The van der Waals surface area contributed by atoms with Gasteiger partial charge in [-0.05, 0) is 61.7 Å². The molecular formula is C24H22ClNO3. The van der Waals surface area contributed by atoms with Crippen molar-refractivity contribution >= 4 is 29.2 Å². The fraction of sp³-hybridized carbons (Fsp3) is 0.167. The largest absolute Gasteiger partial charge is 0.462 e. The number of rotatable bonds is 5.